The molecule has 3 atom stereocenters. The Labute approximate surface area is 194 Å². The van der Waals surface area contributed by atoms with Crippen LogP contribution in [0.15, 0.2) is 61.1 Å². The molecule has 9 heteroatoms. The highest BCUT2D eigenvalue weighted by Crippen LogP contribution is 2.42. The number of nitrogens with zero attached hydrogens (tertiary/aromatic N) is 2. The van der Waals surface area contributed by atoms with Crippen molar-refractivity contribution in [3.05, 3.63) is 83.4 Å². The third-order valence-corrected chi connectivity index (χ3v) is 5.64. The maximum absolute atomic E-state index is 13.0. The lowest BCUT2D eigenvalue weighted by atomic mass is 9.88. The molecule has 0 saturated carbocycles. The molecule has 2 aromatic heterocycles. The summed E-state index contributed by atoms with van der Waals surface area (Å²) in [5.41, 5.74) is 3.19. The minimum atomic E-state index is -3.19. The Morgan fingerprint density at radius 2 is 1.68 bits per heavy atom. The summed E-state index contributed by atoms with van der Waals surface area (Å²) in [5.74, 6) is -1.28. The van der Waals surface area contributed by atoms with Gasteiger partial charge in [-0.2, -0.15) is 17.6 Å². The normalized spacial score (nSPS) is 18.2. The summed E-state index contributed by atoms with van der Waals surface area (Å²) in [4.78, 5) is 8.66. The first kappa shape index (κ1) is 23.9. The summed E-state index contributed by atoms with van der Waals surface area (Å²) < 4.78 is 65.9. The van der Waals surface area contributed by atoms with Crippen LogP contribution in [0.5, 0.6) is 11.5 Å². The molecule has 0 bridgehead atoms. The van der Waals surface area contributed by atoms with Crippen LogP contribution >= 0.6 is 0 Å². The van der Waals surface area contributed by atoms with Gasteiger partial charge >= 0.3 is 13.2 Å². The highest BCUT2D eigenvalue weighted by Gasteiger charge is 2.39. The van der Waals surface area contributed by atoms with E-state index in [1.165, 1.54) is 12.1 Å². The maximum Gasteiger partial charge on any atom is 0.387 e. The molecule has 0 N–H and O–H groups in total. The van der Waals surface area contributed by atoms with Crippen molar-refractivity contribution in [3.63, 3.8) is 0 Å². The molecular weight excluding hydrogens is 452 g/mol. The number of hydrogen-bond acceptors (Lipinski definition) is 5. The van der Waals surface area contributed by atoms with E-state index in [-0.39, 0.29) is 18.1 Å². The molecule has 1 aliphatic heterocycles. The third kappa shape index (κ3) is 6.02. The molecule has 0 spiro atoms. The van der Waals surface area contributed by atoms with E-state index in [9.17, 15) is 17.6 Å². The van der Waals surface area contributed by atoms with Crippen LogP contribution in [0.3, 0.4) is 0 Å². The number of aromatic nitrogens is 2. The smallest absolute Gasteiger partial charge is 0.387 e. The summed E-state index contributed by atoms with van der Waals surface area (Å²) in [6.45, 7) is -4.26. The topological polar surface area (TPSA) is 56.8 Å². The second-order valence-electron chi connectivity index (χ2n) is 7.98. The van der Waals surface area contributed by atoms with Crippen LogP contribution in [0.2, 0.25) is 0 Å². The first-order valence-corrected chi connectivity index (χ1v) is 11.0. The van der Waals surface area contributed by atoms with Gasteiger partial charge in [0.1, 0.15) is 6.10 Å². The average molecular weight is 476 g/mol. The van der Waals surface area contributed by atoms with E-state index in [4.69, 9.17) is 4.74 Å². The lowest BCUT2D eigenvalue weighted by molar-refractivity contribution is -0.0692. The summed E-state index contributed by atoms with van der Waals surface area (Å²) in [5, 5.41) is 0. The number of rotatable bonds is 11. The number of halogens is 4. The van der Waals surface area contributed by atoms with E-state index in [0.717, 1.165) is 24.0 Å². The second kappa shape index (κ2) is 10.8. The maximum atomic E-state index is 13.0. The SMILES string of the molecule is CCCC1OC1c1ccc(C(Cc2ccncc2)c2ccc(OC(F)F)c(OC(F)F)c2)nc1. The summed E-state index contributed by atoms with van der Waals surface area (Å²) in [6.07, 6.45) is 7.83. The van der Waals surface area contributed by atoms with Crippen LogP contribution in [0.1, 0.15) is 54.2 Å². The lowest BCUT2D eigenvalue weighted by Gasteiger charge is -2.20. The minimum absolute atomic E-state index is 0.0389. The molecule has 180 valence electrons. The molecule has 5 nitrogen and oxygen atoms in total. The van der Waals surface area contributed by atoms with Gasteiger partial charge in [0.15, 0.2) is 11.5 Å². The fraction of sp³-hybridized carbons (Fsp3) is 0.360. The van der Waals surface area contributed by atoms with Crippen molar-refractivity contribution < 1.29 is 31.8 Å². The average Bonchev–Trinajstić information content (AvgIpc) is 3.58. The second-order valence-corrected chi connectivity index (χ2v) is 7.98. The van der Waals surface area contributed by atoms with Crippen LogP contribution < -0.4 is 9.47 Å². The highest BCUT2D eigenvalue weighted by molar-refractivity contribution is 5.46. The number of benzene rings is 1. The molecule has 1 saturated heterocycles. The van der Waals surface area contributed by atoms with Gasteiger partial charge in [0.05, 0.1) is 6.10 Å². The molecule has 0 aliphatic carbocycles. The van der Waals surface area contributed by atoms with Gasteiger partial charge in [0, 0.05) is 35.8 Å². The van der Waals surface area contributed by atoms with Gasteiger partial charge in [-0.1, -0.05) is 25.5 Å². The van der Waals surface area contributed by atoms with E-state index in [2.05, 4.69) is 26.4 Å². The first-order chi connectivity index (χ1) is 16.4. The standard InChI is InChI=1S/C25H24F4N2O3/c1-2-3-21-23(32-21)17-4-6-19(31-14-17)18(12-15-8-10-30-11-9-15)16-5-7-20(33-24(26)27)22(13-16)34-25(28)29/h4-11,13-14,18,21,23-25H,2-3,12H2,1H3. The van der Waals surface area contributed by atoms with E-state index in [1.54, 1.807) is 24.7 Å². The van der Waals surface area contributed by atoms with Crippen molar-refractivity contribution in [2.45, 2.75) is 57.5 Å². The molecule has 1 aromatic carbocycles. The fourth-order valence-electron chi connectivity index (χ4n) is 4.00. The quantitative estimate of drug-likeness (QED) is 0.240. The molecule has 3 aromatic rings. The van der Waals surface area contributed by atoms with Crippen molar-refractivity contribution in [2.75, 3.05) is 0 Å². The molecule has 34 heavy (non-hydrogen) atoms. The number of hydrogen-bond donors (Lipinski definition) is 0. The Kier molecular flexibility index (Phi) is 7.62. The van der Waals surface area contributed by atoms with Gasteiger partial charge in [-0.15, -0.1) is 0 Å². The van der Waals surface area contributed by atoms with Crippen molar-refractivity contribution >= 4 is 0 Å². The monoisotopic (exact) mass is 476 g/mol. The summed E-state index contributed by atoms with van der Waals surface area (Å²) >= 11 is 0. The minimum Gasteiger partial charge on any atom is -0.431 e. The molecular formula is C25H24F4N2O3. The van der Waals surface area contributed by atoms with Gasteiger partial charge in [0.2, 0.25) is 0 Å². The van der Waals surface area contributed by atoms with Crippen LogP contribution in [0, 0.1) is 0 Å². The van der Waals surface area contributed by atoms with Crippen LogP contribution in [0.25, 0.3) is 0 Å². The van der Waals surface area contributed by atoms with Crippen LogP contribution in [-0.4, -0.2) is 29.3 Å². The lowest BCUT2D eigenvalue weighted by Crippen LogP contribution is -2.11. The summed E-state index contributed by atoms with van der Waals surface area (Å²) in [7, 11) is 0. The highest BCUT2D eigenvalue weighted by atomic mass is 19.3. The molecule has 0 amide bonds. The van der Waals surface area contributed by atoms with Crippen LogP contribution in [0.4, 0.5) is 17.6 Å². The van der Waals surface area contributed by atoms with Crippen molar-refractivity contribution in [1.29, 1.82) is 0 Å². The van der Waals surface area contributed by atoms with E-state index in [0.29, 0.717) is 17.7 Å². The van der Waals surface area contributed by atoms with E-state index < -0.39 is 24.7 Å². The van der Waals surface area contributed by atoms with Gasteiger partial charge in [-0.25, -0.2) is 0 Å². The number of epoxide rings is 1. The summed E-state index contributed by atoms with van der Waals surface area (Å²) in [6, 6.07) is 11.6. The number of pyridine rings is 2. The van der Waals surface area contributed by atoms with Gasteiger partial charge in [-0.05, 0) is 54.3 Å². The number of ether oxygens (including phenoxy) is 3. The fourth-order valence-corrected chi connectivity index (χ4v) is 4.00. The zero-order valence-electron chi connectivity index (χ0n) is 18.4. The largest absolute Gasteiger partial charge is 0.431 e. The zero-order chi connectivity index (χ0) is 24.1. The Morgan fingerprint density at radius 3 is 2.32 bits per heavy atom. The molecule has 1 fully saturated rings. The molecule has 1 aliphatic rings. The van der Waals surface area contributed by atoms with E-state index >= 15 is 0 Å². The Hall–Kier alpha value is -3.20. The van der Waals surface area contributed by atoms with Gasteiger partial charge in [-0.3, -0.25) is 9.97 Å². The van der Waals surface area contributed by atoms with Crippen LogP contribution in [-0.2, 0) is 11.2 Å². The Balaban J connectivity index is 1.66. The zero-order valence-corrected chi connectivity index (χ0v) is 18.4. The molecule has 0 radical (unpaired) electrons. The Morgan fingerprint density at radius 1 is 0.941 bits per heavy atom. The third-order valence-electron chi connectivity index (χ3n) is 5.64. The van der Waals surface area contributed by atoms with Crippen molar-refractivity contribution in [2.24, 2.45) is 0 Å². The first-order valence-electron chi connectivity index (χ1n) is 11.0. The van der Waals surface area contributed by atoms with Gasteiger partial charge < -0.3 is 14.2 Å². The van der Waals surface area contributed by atoms with Crippen molar-refractivity contribution in [1.82, 2.24) is 9.97 Å². The van der Waals surface area contributed by atoms with Crippen molar-refractivity contribution in [3.8, 4) is 11.5 Å². The predicted octanol–water partition coefficient (Wildman–Crippen LogP) is 6.29. The number of alkyl halides is 4. The van der Waals surface area contributed by atoms with Gasteiger partial charge in [0.25, 0.3) is 0 Å². The molecule has 3 heterocycles. The molecule has 3 unspecified atom stereocenters. The Bertz CT molecular complexity index is 1070. The molecule has 4 rings (SSSR count). The van der Waals surface area contributed by atoms with E-state index in [1.807, 2.05) is 24.3 Å². The predicted molar refractivity (Wildman–Crippen MR) is 116 cm³/mol.